The molecule has 18 heavy (non-hydrogen) atoms. The summed E-state index contributed by atoms with van der Waals surface area (Å²) < 4.78 is 0. The summed E-state index contributed by atoms with van der Waals surface area (Å²) in [5.74, 6) is 0. The molecule has 0 atom stereocenters. The van der Waals surface area contributed by atoms with Gasteiger partial charge in [0.1, 0.15) is 0 Å². The van der Waals surface area contributed by atoms with Crippen molar-refractivity contribution in [3.8, 4) is 0 Å². The molecule has 0 amide bonds. The molecule has 91 valence electrons. The lowest BCUT2D eigenvalue weighted by molar-refractivity contribution is 1.83. The van der Waals surface area contributed by atoms with Gasteiger partial charge in [-0.1, -0.05) is 110 Å². The van der Waals surface area contributed by atoms with Crippen molar-refractivity contribution >= 4 is 0 Å². The fourth-order valence-corrected chi connectivity index (χ4v) is 0.913. The zero-order chi connectivity index (χ0) is 13.3. The summed E-state index contributed by atoms with van der Waals surface area (Å²) in [7, 11) is 0. The lowest BCUT2D eigenvalue weighted by Gasteiger charge is -1.75. The van der Waals surface area contributed by atoms with Gasteiger partial charge >= 0.3 is 0 Å². The second-order valence-electron chi connectivity index (χ2n) is 3.12. The molecule has 0 aromatic heterocycles. The minimum atomic E-state index is 1.50. The van der Waals surface area contributed by atoms with Gasteiger partial charge in [-0.3, -0.25) is 0 Å². The highest BCUT2D eigenvalue weighted by Crippen LogP contribution is 1.85. The van der Waals surface area contributed by atoms with E-state index in [-0.39, 0.29) is 0 Å². The first-order valence-corrected chi connectivity index (χ1v) is 5.74. The molecule has 0 aliphatic carbocycles. The van der Waals surface area contributed by atoms with Crippen LogP contribution in [0.1, 0.15) is 0 Å². The number of allylic oxidation sites excluding steroid dienone is 16. The van der Waals surface area contributed by atoms with Crippen LogP contribution in [0.3, 0.4) is 0 Å². The highest BCUT2D eigenvalue weighted by Gasteiger charge is 1.63. The van der Waals surface area contributed by atoms with Gasteiger partial charge in [0.05, 0.1) is 0 Å². The molecule has 0 aliphatic heterocycles. The van der Waals surface area contributed by atoms with Gasteiger partial charge in [0.2, 0.25) is 0 Å². The Labute approximate surface area is 111 Å². The molecule has 0 rings (SSSR count). The van der Waals surface area contributed by atoms with E-state index in [1.54, 1.807) is 12.2 Å². The normalized spacial score (nSPS) is 13.6. The molecule has 0 spiro atoms. The maximum absolute atomic E-state index is 5.18. The van der Waals surface area contributed by atoms with Crippen LogP contribution in [-0.4, -0.2) is 0 Å². The zero-order valence-electron chi connectivity index (χ0n) is 10.5. The quantitative estimate of drug-likeness (QED) is 0.516. The Morgan fingerprint density at radius 2 is 0.722 bits per heavy atom. The van der Waals surface area contributed by atoms with Gasteiger partial charge in [-0.05, 0) is 0 Å². The van der Waals surface area contributed by atoms with E-state index in [1.165, 1.54) is 6.08 Å². The van der Waals surface area contributed by atoms with Crippen LogP contribution in [0.5, 0.6) is 0 Å². The third-order valence-electron chi connectivity index (χ3n) is 1.69. The summed E-state index contributed by atoms with van der Waals surface area (Å²) in [6.45, 7) is 8.76. The van der Waals surface area contributed by atoms with Crippen LogP contribution in [0.4, 0.5) is 0 Å². The Morgan fingerprint density at radius 1 is 0.444 bits per heavy atom. The average molecular weight is 235 g/mol. The molecule has 0 nitrogen and oxygen atoms in total. The minimum Gasteiger partial charge on any atom is -0.0991 e. The number of rotatable bonds is 8. The number of hydrogen-bond donors (Lipinski definition) is 0. The largest absolute Gasteiger partial charge is 0.0991 e. The summed E-state index contributed by atoms with van der Waals surface area (Å²) in [5, 5.41) is 0. The van der Waals surface area contributed by atoms with Gasteiger partial charge in [0.15, 0.2) is 0 Å². The van der Waals surface area contributed by atoms with E-state index < -0.39 is 0 Å². The van der Waals surface area contributed by atoms with Crippen molar-refractivity contribution in [1.29, 1.82) is 0 Å². The van der Waals surface area contributed by atoms with E-state index >= 15 is 0 Å². The highest BCUT2D eigenvalue weighted by atomic mass is 13.7. The Hall–Kier alpha value is -2.34. The molecule has 0 saturated carbocycles. The van der Waals surface area contributed by atoms with E-state index in [9.17, 15) is 0 Å². The van der Waals surface area contributed by atoms with Crippen LogP contribution >= 0.6 is 0 Å². The van der Waals surface area contributed by atoms with Crippen molar-refractivity contribution in [3.63, 3.8) is 0 Å². The van der Waals surface area contributed by atoms with E-state index in [4.69, 9.17) is 6.58 Å². The first kappa shape index (κ1) is 15.7. The predicted octanol–water partition coefficient (Wildman–Crippen LogP) is 5.05. The fraction of sp³-hybridized carbons (Fsp3) is 0. The highest BCUT2D eigenvalue weighted by molar-refractivity contribution is 5.21. The Balaban J connectivity index is 3.82. The molecule has 1 radical (unpaired) electrons. The van der Waals surface area contributed by atoms with Crippen LogP contribution < -0.4 is 0 Å². The SMILES string of the molecule is [CH]=CC=CC=CC=CC=CC=CC=CC=CC=C. The average Bonchev–Trinajstić information content (AvgIpc) is 2.39. The maximum atomic E-state index is 5.18. The third kappa shape index (κ3) is 13.7. The minimum absolute atomic E-state index is 1.50. The van der Waals surface area contributed by atoms with E-state index in [2.05, 4.69) is 6.58 Å². The van der Waals surface area contributed by atoms with Gasteiger partial charge in [-0.2, -0.15) is 0 Å². The van der Waals surface area contributed by atoms with Gasteiger partial charge in [0.25, 0.3) is 0 Å². The molecule has 0 aliphatic rings. The second kappa shape index (κ2) is 14.7. The molecule has 0 heterocycles. The lowest BCUT2D eigenvalue weighted by atomic mass is 10.3. The van der Waals surface area contributed by atoms with E-state index in [0.717, 1.165) is 0 Å². The van der Waals surface area contributed by atoms with Gasteiger partial charge in [-0.15, -0.1) is 0 Å². The summed E-state index contributed by atoms with van der Waals surface area (Å²) in [6.07, 6.45) is 30.2. The molecule has 0 bridgehead atoms. The summed E-state index contributed by atoms with van der Waals surface area (Å²) in [6, 6.07) is 0. The van der Waals surface area contributed by atoms with Crippen molar-refractivity contribution in [2.75, 3.05) is 0 Å². The van der Waals surface area contributed by atoms with Crippen LogP contribution in [0, 0.1) is 6.58 Å². The fourth-order valence-electron chi connectivity index (χ4n) is 0.913. The van der Waals surface area contributed by atoms with E-state index in [1.807, 2.05) is 79.0 Å². The topological polar surface area (TPSA) is 0 Å². The number of hydrogen-bond acceptors (Lipinski definition) is 0. The Kier molecular flexibility index (Phi) is 12.8. The Bertz CT molecular complexity index is 367. The standard InChI is InChI=1S/C18H19/c1-3-5-7-9-11-13-15-17-18-16-14-12-10-8-6-4-2/h1,3-18H,2H2. The third-order valence-corrected chi connectivity index (χ3v) is 1.69. The Morgan fingerprint density at radius 3 is 1.00 bits per heavy atom. The molecular formula is C18H19. The van der Waals surface area contributed by atoms with Crippen molar-refractivity contribution in [3.05, 3.63) is 110 Å². The van der Waals surface area contributed by atoms with Gasteiger partial charge in [-0.25, -0.2) is 0 Å². The van der Waals surface area contributed by atoms with Crippen molar-refractivity contribution < 1.29 is 0 Å². The second-order valence-corrected chi connectivity index (χ2v) is 3.12. The maximum Gasteiger partial charge on any atom is -0.0623 e. The first-order chi connectivity index (χ1) is 8.91. The van der Waals surface area contributed by atoms with Gasteiger partial charge < -0.3 is 0 Å². The zero-order valence-corrected chi connectivity index (χ0v) is 10.5. The summed E-state index contributed by atoms with van der Waals surface area (Å²) >= 11 is 0. The first-order valence-electron chi connectivity index (χ1n) is 5.74. The van der Waals surface area contributed by atoms with Crippen LogP contribution in [0.15, 0.2) is 104 Å². The van der Waals surface area contributed by atoms with Gasteiger partial charge in [0, 0.05) is 0 Å². The summed E-state index contributed by atoms with van der Waals surface area (Å²) in [5.41, 5.74) is 0. The lowest BCUT2D eigenvalue weighted by Crippen LogP contribution is -1.53. The van der Waals surface area contributed by atoms with Crippen LogP contribution in [0.2, 0.25) is 0 Å². The molecule has 0 unspecified atom stereocenters. The van der Waals surface area contributed by atoms with Crippen molar-refractivity contribution in [2.24, 2.45) is 0 Å². The molecule has 0 aromatic rings. The molecule has 0 N–H and O–H groups in total. The van der Waals surface area contributed by atoms with Crippen molar-refractivity contribution in [2.45, 2.75) is 0 Å². The molecule has 0 heteroatoms. The molecule has 0 fully saturated rings. The smallest absolute Gasteiger partial charge is 0.0623 e. The summed E-state index contributed by atoms with van der Waals surface area (Å²) in [4.78, 5) is 0. The van der Waals surface area contributed by atoms with Crippen LogP contribution in [-0.2, 0) is 0 Å². The molecule has 0 saturated heterocycles. The molecule has 0 aromatic carbocycles. The molecular weight excluding hydrogens is 216 g/mol. The van der Waals surface area contributed by atoms with Crippen molar-refractivity contribution in [1.82, 2.24) is 0 Å². The monoisotopic (exact) mass is 235 g/mol. The van der Waals surface area contributed by atoms with E-state index in [0.29, 0.717) is 0 Å². The van der Waals surface area contributed by atoms with Crippen LogP contribution in [0.25, 0.3) is 0 Å². The predicted molar refractivity (Wildman–Crippen MR) is 83.0 cm³/mol.